The smallest absolute Gasteiger partial charge is 0.268 e. The molecule has 0 radical (unpaired) electrons. The molecule has 7 heteroatoms. The van der Waals surface area contributed by atoms with Gasteiger partial charge in [0.25, 0.3) is 11.8 Å². The van der Waals surface area contributed by atoms with Crippen LogP contribution in [0.4, 0.5) is 5.69 Å². The fraction of sp³-hybridized carbons (Fsp3) is 0.211. The first kappa shape index (κ1) is 16.1. The van der Waals surface area contributed by atoms with Crippen molar-refractivity contribution < 1.29 is 14.3 Å². The molecule has 2 amide bonds. The Kier molecular flexibility index (Phi) is 3.84. The Hall–Kier alpha value is -3.35. The zero-order valence-corrected chi connectivity index (χ0v) is 14.4. The summed E-state index contributed by atoms with van der Waals surface area (Å²) >= 11 is 0. The molecule has 0 bridgehead atoms. The molecule has 26 heavy (non-hydrogen) atoms. The molecule has 1 unspecified atom stereocenters. The Morgan fingerprint density at radius 3 is 2.88 bits per heavy atom. The van der Waals surface area contributed by atoms with Crippen LogP contribution >= 0.6 is 0 Å². The lowest BCUT2D eigenvalue weighted by Gasteiger charge is -2.19. The summed E-state index contributed by atoms with van der Waals surface area (Å²) in [5.41, 5.74) is 3.50. The number of rotatable bonds is 3. The Balaban J connectivity index is 1.67. The maximum Gasteiger partial charge on any atom is 0.268 e. The molecule has 0 spiro atoms. The first-order valence-corrected chi connectivity index (χ1v) is 8.32. The molecule has 0 fully saturated rings. The lowest BCUT2D eigenvalue weighted by molar-refractivity contribution is 0.0936. The van der Waals surface area contributed by atoms with Crippen LogP contribution in [0.5, 0.6) is 5.88 Å². The molecule has 0 saturated heterocycles. The Labute approximate surface area is 149 Å². The monoisotopic (exact) mass is 350 g/mol. The van der Waals surface area contributed by atoms with Crippen molar-refractivity contribution in [3.8, 4) is 5.88 Å². The minimum Gasteiger partial charge on any atom is -0.481 e. The van der Waals surface area contributed by atoms with Crippen molar-refractivity contribution in [2.24, 2.45) is 0 Å². The number of nitrogens with zero attached hydrogens (tertiary/aromatic N) is 1. The van der Waals surface area contributed by atoms with E-state index in [4.69, 9.17) is 4.74 Å². The molecule has 1 atom stereocenters. The summed E-state index contributed by atoms with van der Waals surface area (Å²) in [6.45, 7) is 2.65. The largest absolute Gasteiger partial charge is 0.481 e. The summed E-state index contributed by atoms with van der Waals surface area (Å²) < 4.78 is 5.01. The molecule has 2 aromatic heterocycles. The number of hydrogen-bond donors (Lipinski definition) is 3. The van der Waals surface area contributed by atoms with Crippen molar-refractivity contribution in [1.82, 2.24) is 15.3 Å². The molecule has 1 aliphatic heterocycles. The zero-order chi connectivity index (χ0) is 18.3. The topological polar surface area (TPSA) is 96.1 Å². The van der Waals surface area contributed by atoms with Gasteiger partial charge in [-0.25, -0.2) is 4.98 Å². The minimum absolute atomic E-state index is 0.107. The fourth-order valence-electron chi connectivity index (χ4n) is 3.26. The Morgan fingerprint density at radius 1 is 1.31 bits per heavy atom. The number of aromatic nitrogens is 2. The average Bonchev–Trinajstić information content (AvgIpc) is 3.05. The summed E-state index contributed by atoms with van der Waals surface area (Å²) in [5.74, 6) is 0.322. The van der Waals surface area contributed by atoms with Crippen LogP contribution < -0.4 is 15.4 Å². The van der Waals surface area contributed by atoms with Crippen LogP contribution in [0, 0.1) is 0 Å². The first-order chi connectivity index (χ1) is 12.6. The van der Waals surface area contributed by atoms with Crippen molar-refractivity contribution in [1.29, 1.82) is 0 Å². The van der Waals surface area contributed by atoms with Gasteiger partial charge in [0.2, 0.25) is 5.88 Å². The van der Waals surface area contributed by atoms with E-state index in [0.717, 1.165) is 16.5 Å². The van der Waals surface area contributed by atoms with Gasteiger partial charge < -0.3 is 20.4 Å². The highest BCUT2D eigenvalue weighted by molar-refractivity contribution is 6.08. The highest BCUT2D eigenvalue weighted by atomic mass is 16.5. The molecule has 132 valence electrons. The van der Waals surface area contributed by atoms with E-state index in [-0.39, 0.29) is 17.7 Å². The quantitative estimate of drug-likeness (QED) is 0.677. The van der Waals surface area contributed by atoms with Crippen molar-refractivity contribution in [3.05, 3.63) is 53.3 Å². The van der Waals surface area contributed by atoms with Crippen molar-refractivity contribution in [2.75, 3.05) is 19.0 Å². The third-order valence-electron chi connectivity index (χ3n) is 4.59. The molecular weight excluding hydrogens is 332 g/mol. The number of fused-ring (bicyclic) bond motifs is 3. The number of amides is 2. The predicted octanol–water partition coefficient (Wildman–Crippen LogP) is 2.67. The summed E-state index contributed by atoms with van der Waals surface area (Å²) in [7, 11) is 1.54. The van der Waals surface area contributed by atoms with Crippen LogP contribution in [0.15, 0.2) is 36.5 Å². The van der Waals surface area contributed by atoms with Gasteiger partial charge in [-0.3, -0.25) is 9.59 Å². The van der Waals surface area contributed by atoms with E-state index in [9.17, 15) is 9.59 Å². The van der Waals surface area contributed by atoms with Crippen LogP contribution in [0.3, 0.4) is 0 Å². The molecule has 1 aromatic carbocycles. The van der Waals surface area contributed by atoms with Gasteiger partial charge in [-0.2, -0.15) is 0 Å². The van der Waals surface area contributed by atoms with E-state index in [1.54, 1.807) is 24.4 Å². The van der Waals surface area contributed by atoms with E-state index in [0.29, 0.717) is 29.4 Å². The SMILES string of the molecule is COc1ccc(NC(=O)c2ccc3[nH]c4c(c3c2)C(C)CNC4=O)cn1. The Bertz CT molecular complexity index is 1010. The number of carbonyl (C=O) groups is 2. The number of nitrogens with one attached hydrogen (secondary N) is 3. The third-order valence-corrected chi connectivity index (χ3v) is 4.59. The minimum atomic E-state index is -0.235. The Morgan fingerprint density at radius 2 is 2.15 bits per heavy atom. The summed E-state index contributed by atoms with van der Waals surface area (Å²) in [4.78, 5) is 31.9. The lowest BCUT2D eigenvalue weighted by atomic mass is 9.93. The number of benzene rings is 1. The third kappa shape index (κ3) is 2.67. The zero-order valence-electron chi connectivity index (χ0n) is 14.4. The fourth-order valence-corrected chi connectivity index (χ4v) is 3.26. The van der Waals surface area contributed by atoms with E-state index in [1.807, 2.05) is 12.1 Å². The summed E-state index contributed by atoms with van der Waals surface area (Å²) in [5, 5.41) is 6.59. The standard InChI is InChI=1S/C19H18N4O3/c1-10-8-21-19(25)17-16(10)13-7-11(3-5-14(13)23-17)18(24)22-12-4-6-15(26-2)20-9-12/h3-7,9-10,23H,8H2,1-2H3,(H,21,25)(H,22,24). The maximum absolute atomic E-state index is 12.6. The van der Waals surface area contributed by atoms with Crippen LogP contribution in [-0.2, 0) is 0 Å². The average molecular weight is 350 g/mol. The number of carbonyl (C=O) groups excluding carboxylic acids is 2. The molecule has 0 saturated carbocycles. The number of pyridine rings is 1. The van der Waals surface area contributed by atoms with Gasteiger partial charge in [0, 0.05) is 35.0 Å². The molecule has 4 rings (SSSR count). The number of H-pyrrole nitrogens is 1. The van der Waals surface area contributed by atoms with Crippen LogP contribution in [0.2, 0.25) is 0 Å². The molecule has 1 aliphatic rings. The molecule has 7 nitrogen and oxygen atoms in total. The highest BCUT2D eigenvalue weighted by Crippen LogP contribution is 2.32. The van der Waals surface area contributed by atoms with Crippen molar-refractivity contribution in [3.63, 3.8) is 0 Å². The van der Waals surface area contributed by atoms with Gasteiger partial charge in [-0.15, -0.1) is 0 Å². The highest BCUT2D eigenvalue weighted by Gasteiger charge is 2.27. The van der Waals surface area contributed by atoms with Crippen LogP contribution in [-0.4, -0.2) is 35.4 Å². The predicted molar refractivity (Wildman–Crippen MR) is 97.8 cm³/mol. The van der Waals surface area contributed by atoms with E-state index in [1.165, 1.54) is 7.11 Å². The molecular formula is C19H18N4O3. The molecule has 3 aromatic rings. The second-order valence-electron chi connectivity index (χ2n) is 6.33. The normalized spacial score (nSPS) is 16.1. The van der Waals surface area contributed by atoms with Crippen LogP contribution in [0.25, 0.3) is 10.9 Å². The van der Waals surface area contributed by atoms with Crippen molar-refractivity contribution >= 4 is 28.4 Å². The maximum atomic E-state index is 12.6. The number of hydrogen-bond acceptors (Lipinski definition) is 4. The molecule has 3 heterocycles. The van der Waals surface area contributed by atoms with Crippen LogP contribution in [0.1, 0.15) is 39.3 Å². The summed E-state index contributed by atoms with van der Waals surface area (Å²) in [6.07, 6.45) is 1.54. The second-order valence-corrected chi connectivity index (χ2v) is 6.33. The van der Waals surface area contributed by atoms with Gasteiger partial charge in [-0.05, 0) is 29.8 Å². The first-order valence-electron chi connectivity index (χ1n) is 8.32. The van der Waals surface area contributed by atoms with Crippen molar-refractivity contribution in [2.45, 2.75) is 12.8 Å². The summed E-state index contributed by atoms with van der Waals surface area (Å²) in [6, 6.07) is 8.80. The number of anilines is 1. The lowest BCUT2D eigenvalue weighted by Crippen LogP contribution is -2.33. The van der Waals surface area contributed by atoms with Gasteiger partial charge in [0.1, 0.15) is 5.69 Å². The van der Waals surface area contributed by atoms with Gasteiger partial charge >= 0.3 is 0 Å². The molecule has 3 N–H and O–H groups in total. The second kappa shape index (κ2) is 6.18. The van der Waals surface area contributed by atoms with E-state index >= 15 is 0 Å². The number of aromatic amines is 1. The van der Waals surface area contributed by atoms with Gasteiger partial charge in [0.05, 0.1) is 19.0 Å². The number of methoxy groups -OCH3 is 1. The van der Waals surface area contributed by atoms with Gasteiger partial charge in [-0.1, -0.05) is 6.92 Å². The number of ether oxygens (including phenoxy) is 1. The van der Waals surface area contributed by atoms with Gasteiger partial charge in [0.15, 0.2) is 0 Å². The van der Waals surface area contributed by atoms with E-state index in [2.05, 4.69) is 27.5 Å². The van der Waals surface area contributed by atoms with E-state index < -0.39 is 0 Å². The molecule has 0 aliphatic carbocycles.